The lowest BCUT2D eigenvalue weighted by molar-refractivity contribution is 0.103. The van der Waals surface area contributed by atoms with Crippen LogP contribution in [0.5, 0.6) is 5.75 Å². The van der Waals surface area contributed by atoms with Gasteiger partial charge in [-0.1, -0.05) is 28.1 Å². The third-order valence-electron chi connectivity index (χ3n) is 3.44. The van der Waals surface area contributed by atoms with Crippen molar-refractivity contribution in [2.75, 3.05) is 12.3 Å². The lowest BCUT2D eigenvalue weighted by Gasteiger charge is -2.20. The van der Waals surface area contributed by atoms with Crippen LogP contribution in [0.3, 0.4) is 0 Å². The van der Waals surface area contributed by atoms with Crippen LogP contribution in [-0.4, -0.2) is 12.4 Å². The lowest BCUT2D eigenvalue weighted by Crippen LogP contribution is -2.14. The van der Waals surface area contributed by atoms with Gasteiger partial charge in [0.1, 0.15) is 5.75 Å². The van der Waals surface area contributed by atoms with E-state index in [4.69, 9.17) is 10.5 Å². The van der Waals surface area contributed by atoms with Crippen molar-refractivity contribution in [3.05, 3.63) is 57.6 Å². The van der Waals surface area contributed by atoms with Gasteiger partial charge in [0.2, 0.25) is 0 Å². The molecule has 4 heteroatoms. The summed E-state index contributed by atoms with van der Waals surface area (Å²) in [5.41, 5.74) is 8.58. The number of aryl methyl sites for hydroxylation is 1. The Labute approximate surface area is 125 Å². The zero-order valence-corrected chi connectivity index (χ0v) is 12.4. The number of benzene rings is 2. The van der Waals surface area contributed by atoms with Crippen LogP contribution in [-0.2, 0) is 6.42 Å². The lowest BCUT2D eigenvalue weighted by atomic mass is 9.96. The number of halogens is 1. The van der Waals surface area contributed by atoms with Gasteiger partial charge >= 0.3 is 0 Å². The van der Waals surface area contributed by atoms with Crippen LogP contribution in [0, 0.1) is 0 Å². The Kier molecular flexibility index (Phi) is 3.49. The molecule has 1 heterocycles. The molecule has 0 saturated heterocycles. The first-order valence-corrected chi connectivity index (χ1v) is 7.30. The van der Waals surface area contributed by atoms with Gasteiger partial charge in [0.15, 0.2) is 5.78 Å². The number of ether oxygens (including phenoxy) is 1. The average Bonchev–Trinajstić information content (AvgIpc) is 2.48. The van der Waals surface area contributed by atoms with Crippen LogP contribution in [0.25, 0.3) is 0 Å². The van der Waals surface area contributed by atoms with E-state index in [0.29, 0.717) is 29.2 Å². The highest BCUT2D eigenvalue weighted by Crippen LogP contribution is 2.32. The molecule has 1 aliphatic heterocycles. The molecule has 0 bridgehead atoms. The summed E-state index contributed by atoms with van der Waals surface area (Å²) in [7, 11) is 0. The molecule has 0 aliphatic carbocycles. The Hall–Kier alpha value is -1.81. The number of carbonyl (C=O) groups excluding carboxylic acids is 1. The number of anilines is 1. The second-order valence-corrected chi connectivity index (χ2v) is 5.72. The normalized spacial score (nSPS) is 13.4. The number of hydrogen-bond acceptors (Lipinski definition) is 3. The summed E-state index contributed by atoms with van der Waals surface area (Å²) in [4.78, 5) is 12.7. The van der Waals surface area contributed by atoms with Crippen molar-refractivity contribution in [2.45, 2.75) is 12.8 Å². The molecular weight excluding hydrogens is 318 g/mol. The van der Waals surface area contributed by atoms with E-state index in [1.807, 2.05) is 18.2 Å². The van der Waals surface area contributed by atoms with E-state index in [2.05, 4.69) is 15.9 Å². The highest BCUT2D eigenvalue weighted by molar-refractivity contribution is 9.10. The number of fused-ring (bicyclic) bond motifs is 1. The molecule has 0 amide bonds. The van der Waals surface area contributed by atoms with Gasteiger partial charge in [-0.25, -0.2) is 0 Å². The smallest absolute Gasteiger partial charge is 0.198 e. The maximum atomic E-state index is 12.7. The fraction of sp³-hybridized carbons (Fsp3) is 0.188. The first kappa shape index (κ1) is 13.2. The van der Waals surface area contributed by atoms with E-state index in [0.717, 1.165) is 22.9 Å². The summed E-state index contributed by atoms with van der Waals surface area (Å²) in [6.45, 7) is 0.658. The van der Waals surface area contributed by atoms with Crippen LogP contribution in [0.4, 0.5) is 5.69 Å². The van der Waals surface area contributed by atoms with Gasteiger partial charge in [-0.15, -0.1) is 0 Å². The Bertz CT molecular complexity index is 682. The minimum atomic E-state index is -0.0949. The van der Waals surface area contributed by atoms with E-state index in [-0.39, 0.29) is 5.78 Å². The first-order chi connectivity index (χ1) is 9.66. The van der Waals surface area contributed by atoms with E-state index < -0.39 is 0 Å². The Morgan fingerprint density at radius 3 is 2.90 bits per heavy atom. The quantitative estimate of drug-likeness (QED) is 0.675. The van der Waals surface area contributed by atoms with Crippen LogP contribution in [0.15, 0.2) is 40.9 Å². The highest BCUT2D eigenvalue weighted by atomic mass is 79.9. The van der Waals surface area contributed by atoms with Crippen molar-refractivity contribution in [1.29, 1.82) is 0 Å². The highest BCUT2D eigenvalue weighted by Gasteiger charge is 2.21. The topological polar surface area (TPSA) is 52.3 Å². The molecule has 0 radical (unpaired) electrons. The molecule has 0 fully saturated rings. The number of nitrogens with two attached hydrogens (primary N) is 1. The summed E-state index contributed by atoms with van der Waals surface area (Å²) in [6, 6.07) is 11.0. The number of para-hydroxylation sites is 1. The zero-order valence-electron chi connectivity index (χ0n) is 10.9. The molecule has 2 N–H and O–H groups in total. The minimum Gasteiger partial charge on any atom is -0.493 e. The predicted octanol–water partition coefficient (Wildman–Crippen LogP) is 3.59. The Morgan fingerprint density at radius 1 is 1.20 bits per heavy atom. The maximum Gasteiger partial charge on any atom is 0.198 e. The monoisotopic (exact) mass is 331 g/mol. The molecule has 0 unspecified atom stereocenters. The van der Waals surface area contributed by atoms with Crippen molar-refractivity contribution >= 4 is 27.4 Å². The average molecular weight is 332 g/mol. The minimum absolute atomic E-state index is 0.0949. The standard InChI is InChI=1S/C16H14BrNO2/c17-11-6-7-14(18)13(9-11)15(19)12-5-1-3-10-4-2-8-20-16(10)12/h1,3,5-7,9H,2,4,8,18H2. The molecule has 0 atom stereocenters. The van der Waals surface area contributed by atoms with Gasteiger partial charge in [0.05, 0.1) is 12.2 Å². The van der Waals surface area contributed by atoms with E-state index >= 15 is 0 Å². The largest absolute Gasteiger partial charge is 0.493 e. The maximum absolute atomic E-state index is 12.7. The van der Waals surface area contributed by atoms with Gasteiger partial charge in [0.25, 0.3) is 0 Å². The van der Waals surface area contributed by atoms with Gasteiger partial charge in [-0.3, -0.25) is 4.79 Å². The predicted molar refractivity (Wildman–Crippen MR) is 82.2 cm³/mol. The van der Waals surface area contributed by atoms with E-state index in [9.17, 15) is 4.79 Å². The second kappa shape index (κ2) is 5.29. The Morgan fingerprint density at radius 2 is 2.05 bits per heavy atom. The second-order valence-electron chi connectivity index (χ2n) is 4.81. The van der Waals surface area contributed by atoms with Crippen molar-refractivity contribution in [3.63, 3.8) is 0 Å². The molecule has 3 rings (SSSR count). The fourth-order valence-corrected chi connectivity index (χ4v) is 2.80. The molecule has 0 aromatic heterocycles. The van der Waals surface area contributed by atoms with Crippen LogP contribution >= 0.6 is 15.9 Å². The number of ketones is 1. The van der Waals surface area contributed by atoms with Crippen LogP contribution in [0.2, 0.25) is 0 Å². The first-order valence-electron chi connectivity index (χ1n) is 6.51. The summed E-state index contributed by atoms with van der Waals surface area (Å²) < 4.78 is 6.53. The van der Waals surface area contributed by atoms with Gasteiger partial charge in [-0.2, -0.15) is 0 Å². The summed E-state index contributed by atoms with van der Waals surface area (Å²) in [5.74, 6) is 0.616. The molecule has 20 heavy (non-hydrogen) atoms. The zero-order chi connectivity index (χ0) is 14.1. The molecule has 0 spiro atoms. The van der Waals surface area contributed by atoms with Crippen molar-refractivity contribution < 1.29 is 9.53 Å². The van der Waals surface area contributed by atoms with Crippen LogP contribution in [0.1, 0.15) is 27.9 Å². The Balaban J connectivity index is 2.09. The SMILES string of the molecule is Nc1ccc(Br)cc1C(=O)c1cccc2c1OCCC2. The summed E-state index contributed by atoms with van der Waals surface area (Å²) >= 11 is 3.37. The number of hydrogen-bond donors (Lipinski definition) is 1. The van der Waals surface area contributed by atoms with Crippen LogP contribution < -0.4 is 10.5 Å². The molecule has 1 aliphatic rings. The van der Waals surface area contributed by atoms with Gasteiger partial charge in [0, 0.05) is 15.7 Å². The number of rotatable bonds is 2. The van der Waals surface area contributed by atoms with Gasteiger partial charge in [-0.05, 0) is 42.7 Å². The third-order valence-corrected chi connectivity index (χ3v) is 3.93. The van der Waals surface area contributed by atoms with E-state index in [1.54, 1.807) is 18.2 Å². The van der Waals surface area contributed by atoms with Crippen molar-refractivity contribution in [3.8, 4) is 5.75 Å². The van der Waals surface area contributed by atoms with E-state index in [1.165, 1.54) is 0 Å². The van der Waals surface area contributed by atoms with Crippen molar-refractivity contribution in [1.82, 2.24) is 0 Å². The molecular formula is C16H14BrNO2. The molecule has 2 aromatic rings. The van der Waals surface area contributed by atoms with Crippen molar-refractivity contribution in [2.24, 2.45) is 0 Å². The molecule has 0 saturated carbocycles. The van der Waals surface area contributed by atoms with Gasteiger partial charge < -0.3 is 10.5 Å². The number of carbonyl (C=O) groups is 1. The summed E-state index contributed by atoms with van der Waals surface area (Å²) in [5, 5.41) is 0. The summed E-state index contributed by atoms with van der Waals surface area (Å²) in [6.07, 6.45) is 1.94. The fourth-order valence-electron chi connectivity index (χ4n) is 2.44. The molecule has 2 aromatic carbocycles. The molecule has 3 nitrogen and oxygen atoms in total. The number of nitrogen functional groups attached to an aromatic ring is 1. The molecule has 102 valence electrons. The third kappa shape index (κ3) is 2.31.